The number of aromatic nitrogens is 3. The standard InChI is InChI=1S/C24H20F3N7OS2/c25-24(26,27)13-29-10-14-7-8-34-17(11-30-20(34)9-14)19-12-31-23(37-19)33-21-6-5-18(36-21)22(35)32-16-4-2-1-3-15(16)28/h1-9,11-12,29H,10,13,28H2,(H,31,33)(H,32,35). The first-order valence-corrected chi connectivity index (χ1v) is 12.6. The van der Waals surface area contributed by atoms with Crippen molar-refractivity contribution >= 4 is 55.7 Å². The summed E-state index contributed by atoms with van der Waals surface area (Å²) in [6.45, 7) is -0.959. The molecule has 1 amide bonds. The van der Waals surface area contributed by atoms with Crippen LogP contribution in [0, 0.1) is 0 Å². The number of amides is 1. The van der Waals surface area contributed by atoms with E-state index in [1.807, 2.05) is 4.40 Å². The molecule has 4 aromatic heterocycles. The number of thiazole rings is 1. The van der Waals surface area contributed by atoms with Gasteiger partial charge in [-0.15, -0.1) is 11.3 Å². The number of nitrogens with zero attached hydrogens (tertiary/aromatic N) is 3. The fourth-order valence-corrected chi connectivity index (χ4v) is 5.24. The number of hydrogen-bond donors (Lipinski definition) is 4. The Kier molecular flexibility index (Phi) is 6.82. The third-order valence-corrected chi connectivity index (χ3v) is 7.19. The maximum Gasteiger partial charge on any atom is 0.401 e. The van der Waals surface area contributed by atoms with E-state index in [-0.39, 0.29) is 12.5 Å². The Morgan fingerprint density at radius 3 is 2.70 bits per heavy atom. The topological polar surface area (TPSA) is 109 Å². The van der Waals surface area contributed by atoms with Crippen molar-refractivity contribution in [2.45, 2.75) is 12.7 Å². The average Bonchev–Trinajstić information content (AvgIpc) is 3.59. The van der Waals surface area contributed by atoms with Gasteiger partial charge in [-0.05, 0) is 42.0 Å². The minimum absolute atomic E-state index is 0.0897. The maximum atomic E-state index is 12.6. The van der Waals surface area contributed by atoms with Crippen molar-refractivity contribution in [1.82, 2.24) is 19.7 Å². The van der Waals surface area contributed by atoms with Gasteiger partial charge in [-0.2, -0.15) is 13.2 Å². The number of thiophene rings is 1. The zero-order chi connectivity index (χ0) is 26.0. The van der Waals surface area contributed by atoms with Gasteiger partial charge in [0.25, 0.3) is 5.91 Å². The van der Waals surface area contributed by atoms with Crippen LogP contribution in [0.5, 0.6) is 0 Å². The third kappa shape index (κ3) is 5.90. The van der Waals surface area contributed by atoms with Gasteiger partial charge < -0.3 is 21.7 Å². The monoisotopic (exact) mass is 543 g/mol. The molecule has 0 radical (unpaired) electrons. The van der Waals surface area contributed by atoms with Gasteiger partial charge in [0, 0.05) is 18.9 Å². The maximum absolute atomic E-state index is 12.6. The molecule has 4 heterocycles. The van der Waals surface area contributed by atoms with Crippen molar-refractivity contribution in [2.24, 2.45) is 0 Å². The number of fused-ring (bicyclic) bond motifs is 1. The number of anilines is 4. The van der Waals surface area contributed by atoms with Crippen LogP contribution in [0.4, 0.5) is 34.7 Å². The lowest BCUT2D eigenvalue weighted by Gasteiger charge is -2.08. The van der Waals surface area contributed by atoms with Crippen LogP contribution in [0.15, 0.2) is 67.1 Å². The molecular weight excluding hydrogens is 523 g/mol. The van der Waals surface area contributed by atoms with E-state index in [4.69, 9.17) is 5.73 Å². The molecule has 0 spiro atoms. The first-order valence-electron chi connectivity index (χ1n) is 11.0. The zero-order valence-corrected chi connectivity index (χ0v) is 20.7. The molecule has 8 nitrogen and oxygen atoms in total. The summed E-state index contributed by atoms with van der Waals surface area (Å²) in [6.07, 6.45) is 0.937. The van der Waals surface area contributed by atoms with Gasteiger partial charge in [0.1, 0.15) is 5.65 Å². The van der Waals surface area contributed by atoms with Gasteiger partial charge in [0.05, 0.1) is 44.6 Å². The number of nitrogens with two attached hydrogens (primary N) is 1. The Morgan fingerprint density at radius 2 is 1.89 bits per heavy atom. The van der Waals surface area contributed by atoms with Crippen LogP contribution in [0.3, 0.4) is 0 Å². The molecule has 0 aliphatic rings. The van der Waals surface area contributed by atoms with Gasteiger partial charge in [0.2, 0.25) is 0 Å². The number of imidazole rings is 1. The fraction of sp³-hybridized carbons (Fsp3) is 0.125. The summed E-state index contributed by atoms with van der Waals surface area (Å²) in [6, 6.07) is 14.1. The second-order valence-corrected chi connectivity index (χ2v) is 10.1. The summed E-state index contributed by atoms with van der Waals surface area (Å²) in [5.74, 6) is -0.255. The van der Waals surface area contributed by atoms with Crippen molar-refractivity contribution in [2.75, 3.05) is 22.9 Å². The molecule has 37 heavy (non-hydrogen) atoms. The molecule has 1 aromatic carbocycles. The zero-order valence-electron chi connectivity index (χ0n) is 19.0. The molecule has 13 heteroatoms. The van der Waals surface area contributed by atoms with Crippen LogP contribution < -0.4 is 21.7 Å². The smallest absolute Gasteiger partial charge is 0.397 e. The fourth-order valence-electron chi connectivity index (χ4n) is 3.54. The van der Waals surface area contributed by atoms with Gasteiger partial charge in [-0.25, -0.2) is 9.97 Å². The highest BCUT2D eigenvalue weighted by atomic mass is 32.1. The molecule has 0 saturated heterocycles. The molecule has 5 rings (SSSR count). The normalized spacial score (nSPS) is 11.6. The van der Waals surface area contributed by atoms with E-state index in [1.165, 1.54) is 22.7 Å². The second kappa shape index (κ2) is 10.2. The Bertz CT molecular complexity index is 1560. The number of carbonyl (C=O) groups excluding carboxylic acids is 1. The molecule has 0 fully saturated rings. The van der Waals surface area contributed by atoms with Crippen LogP contribution in [-0.2, 0) is 6.54 Å². The molecule has 5 aromatic rings. The molecule has 190 valence electrons. The molecular formula is C24H20F3N7OS2. The lowest BCUT2D eigenvalue weighted by molar-refractivity contribution is -0.125. The SMILES string of the molecule is Nc1ccccc1NC(=O)c1ccc(Nc2ncc(-c3cnc4cc(CNCC(F)(F)F)ccn34)s2)s1. The summed E-state index contributed by atoms with van der Waals surface area (Å²) in [7, 11) is 0. The lowest BCUT2D eigenvalue weighted by Crippen LogP contribution is -2.28. The predicted octanol–water partition coefficient (Wildman–Crippen LogP) is 5.75. The summed E-state index contributed by atoms with van der Waals surface area (Å²) >= 11 is 2.70. The number of alkyl halides is 3. The number of pyridine rings is 1. The Labute approximate surface area is 217 Å². The number of halogens is 3. The lowest BCUT2D eigenvalue weighted by atomic mass is 10.2. The first-order chi connectivity index (χ1) is 17.7. The summed E-state index contributed by atoms with van der Waals surface area (Å²) < 4.78 is 38.9. The van der Waals surface area contributed by atoms with Crippen LogP contribution in [0.2, 0.25) is 0 Å². The molecule has 0 saturated carbocycles. The van der Waals surface area contributed by atoms with E-state index in [9.17, 15) is 18.0 Å². The second-order valence-electron chi connectivity index (χ2n) is 7.99. The highest BCUT2D eigenvalue weighted by molar-refractivity contribution is 7.20. The molecule has 0 aliphatic heterocycles. The van der Waals surface area contributed by atoms with Crippen molar-refractivity contribution < 1.29 is 18.0 Å². The summed E-state index contributed by atoms with van der Waals surface area (Å²) in [4.78, 5) is 22.8. The van der Waals surface area contributed by atoms with Gasteiger partial charge in [-0.3, -0.25) is 9.20 Å². The van der Waals surface area contributed by atoms with Crippen LogP contribution >= 0.6 is 22.7 Å². The number of nitrogen functional groups attached to an aromatic ring is 1. The van der Waals surface area contributed by atoms with Gasteiger partial charge in [-0.1, -0.05) is 23.5 Å². The average molecular weight is 544 g/mol. The largest absolute Gasteiger partial charge is 0.401 e. The van der Waals surface area contributed by atoms with E-state index in [2.05, 4.69) is 25.9 Å². The number of hydrogen-bond acceptors (Lipinski definition) is 8. The van der Waals surface area contributed by atoms with Crippen LogP contribution in [-0.4, -0.2) is 33.0 Å². The van der Waals surface area contributed by atoms with Crippen molar-refractivity contribution in [3.8, 4) is 10.6 Å². The number of benzene rings is 1. The summed E-state index contributed by atoms with van der Waals surface area (Å²) in [5.41, 5.74) is 9.07. The Morgan fingerprint density at radius 1 is 1.05 bits per heavy atom. The van der Waals surface area contributed by atoms with E-state index >= 15 is 0 Å². The van der Waals surface area contributed by atoms with Crippen molar-refractivity contribution in [3.63, 3.8) is 0 Å². The highest BCUT2D eigenvalue weighted by Crippen LogP contribution is 2.33. The molecule has 0 bridgehead atoms. The quantitative estimate of drug-likeness (QED) is 0.186. The predicted molar refractivity (Wildman–Crippen MR) is 140 cm³/mol. The van der Waals surface area contributed by atoms with Crippen molar-refractivity contribution in [3.05, 3.63) is 77.6 Å². The van der Waals surface area contributed by atoms with E-state index < -0.39 is 12.7 Å². The van der Waals surface area contributed by atoms with Crippen molar-refractivity contribution in [1.29, 1.82) is 0 Å². The number of rotatable bonds is 8. The third-order valence-electron chi connectivity index (χ3n) is 5.26. The first kappa shape index (κ1) is 24.7. The Hall–Kier alpha value is -3.94. The molecule has 0 aliphatic carbocycles. The summed E-state index contributed by atoms with van der Waals surface area (Å²) in [5, 5.41) is 9.80. The van der Waals surface area contributed by atoms with Crippen LogP contribution in [0.25, 0.3) is 16.2 Å². The van der Waals surface area contributed by atoms with E-state index in [0.717, 1.165) is 15.6 Å². The number of carbonyl (C=O) groups is 1. The Balaban J connectivity index is 1.25. The molecule has 0 atom stereocenters. The van der Waals surface area contributed by atoms with E-state index in [0.29, 0.717) is 32.6 Å². The molecule has 0 unspecified atom stereocenters. The minimum atomic E-state index is -4.25. The van der Waals surface area contributed by atoms with Gasteiger partial charge >= 0.3 is 6.18 Å². The van der Waals surface area contributed by atoms with Gasteiger partial charge in [0.15, 0.2) is 5.13 Å². The number of para-hydroxylation sites is 2. The van der Waals surface area contributed by atoms with E-state index in [1.54, 1.807) is 67.1 Å². The number of nitrogens with one attached hydrogen (secondary N) is 3. The van der Waals surface area contributed by atoms with Crippen LogP contribution in [0.1, 0.15) is 15.2 Å². The highest BCUT2D eigenvalue weighted by Gasteiger charge is 2.26. The molecule has 5 N–H and O–H groups in total. The minimum Gasteiger partial charge on any atom is -0.397 e.